The smallest absolute Gasteiger partial charge is 0.0931 e. The van der Waals surface area contributed by atoms with Crippen LogP contribution in [0.1, 0.15) is 30.6 Å². The minimum atomic E-state index is 0.0837. The standard InChI is InChI=1S/C15H22ClNO2S/c16-14-2-1-13(20-14)3-7-17-12-4-8-19-15(11-12)5-9-18-10-6-15/h1-2,12,17H,3-11H2. The number of hydrogen-bond acceptors (Lipinski definition) is 4. The molecule has 2 saturated heterocycles. The van der Waals surface area contributed by atoms with Gasteiger partial charge in [0.25, 0.3) is 0 Å². The van der Waals surface area contributed by atoms with Crippen LogP contribution in [0, 0.1) is 0 Å². The van der Waals surface area contributed by atoms with Crippen molar-refractivity contribution >= 4 is 22.9 Å². The van der Waals surface area contributed by atoms with E-state index in [4.69, 9.17) is 21.1 Å². The highest BCUT2D eigenvalue weighted by molar-refractivity contribution is 7.16. The topological polar surface area (TPSA) is 30.5 Å². The van der Waals surface area contributed by atoms with Crippen molar-refractivity contribution in [2.24, 2.45) is 0 Å². The highest BCUT2D eigenvalue weighted by atomic mass is 35.5. The Bertz CT molecular complexity index is 426. The summed E-state index contributed by atoms with van der Waals surface area (Å²) < 4.78 is 12.4. The third kappa shape index (κ3) is 3.74. The van der Waals surface area contributed by atoms with Crippen LogP contribution in [-0.2, 0) is 15.9 Å². The number of nitrogens with one attached hydrogen (secondary N) is 1. The molecule has 112 valence electrons. The van der Waals surface area contributed by atoms with Gasteiger partial charge in [0.1, 0.15) is 0 Å². The molecule has 0 radical (unpaired) electrons. The van der Waals surface area contributed by atoms with Crippen molar-refractivity contribution in [3.8, 4) is 0 Å². The third-order valence-corrected chi connectivity index (χ3v) is 5.62. The Kier molecular flexibility index (Phi) is 5.00. The molecule has 3 nitrogen and oxygen atoms in total. The number of halogens is 1. The van der Waals surface area contributed by atoms with Gasteiger partial charge >= 0.3 is 0 Å². The molecule has 1 aromatic rings. The molecule has 0 saturated carbocycles. The van der Waals surface area contributed by atoms with Gasteiger partial charge in [-0.05, 0) is 44.2 Å². The van der Waals surface area contributed by atoms with Crippen molar-refractivity contribution in [1.29, 1.82) is 0 Å². The van der Waals surface area contributed by atoms with E-state index in [0.29, 0.717) is 6.04 Å². The Morgan fingerprint density at radius 2 is 2.15 bits per heavy atom. The van der Waals surface area contributed by atoms with Crippen molar-refractivity contribution in [2.75, 3.05) is 26.4 Å². The molecule has 0 bridgehead atoms. The van der Waals surface area contributed by atoms with Gasteiger partial charge in [0.05, 0.1) is 9.94 Å². The minimum absolute atomic E-state index is 0.0837. The van der Waals surface area contributed by atoms with Crippen LogP contribution < -0.4 is 5.32 Å². The maximum Gasteiger partial charge on any atom is 0.0931 e. The lowest BCUT2D eigenvalue weighted by molar-refractivity contribution is -0.140. The number of thiophene rings is 1. The fourth-order valence-electron chi connectivity index (χ4n) is 3.18. The molecule has 1 atom stereocenters. The second kappa shape index (κ2) is 6.75. The molecule has 3 rings (SSSR count). The molecule has 3 heterocycles. The summed E-state index contributed by atoms with van der Waals surface area (Å²) >= 11 is 7.64. The lowest BCUT2D eigenvalue weighted by atomic mass is 9.84. The second-order valence-corrected chi connectivity index (χ2v) is 7.54. The van der Waals surface area contributed by atoms with Gasteiger partial charge in [0, 0.05) is 37.3 Å². The minimum Gasteiger partial charge on any atom is -0.381 e. The zero-order valence-electron chi connectivity index (χ0n) is 11.7. The SMILES string of the molecule is Clc1ccc(CCNC2CCOC3(CCOCC3)C2)s1. The Hall–Kier alpha value is -0.130. The first kappa shape index (κ1) is 14.8. The quantitative estimate of drug-likeness (QED) is 0.925. The third-order valence-electron chi connectivity index (χ3n) is 4.33. The largest absolute Gasteiger partial charge is 0.381 e. The summed E-state index contributed by atoms with van der Waals surface area (Å²) in [5, 5.41) is 3.69. The lowest BCUT2D eigenvalue weighted by Crippen LogP contribution is -2.50. The van der Waals surface area contributed by atoms with Crippen molar-refractivity contribution in [2.45, 2.75) is 43.7 Å². The summed E-state index contributed by atoms with van der Waals surface area (Å²) in [6.07, 6.45) is 5.40. The van der Waals surface area contributed by atoms with Crippen molar-refractivity contribution in [1.82, 2.24) is 5.32 Å². The van der Waals surface area contributed by atoms with E-state index in [1.165, 1.54) is 4.88 Å². The molecular formula is C15H22ClNO2S. The van der Waals surface area contributed by atoms with Crippen LogP contribution in [0.5, 0.6) is 0 Å². The Labute approximate surface area is 129 Å². The average molecular weight is 316 g/mol. The molecule has 0 aliphatic carbocycles. The zero-order chi connectivity index (χ0) is 13.8. The molecule has 2 aliphatic rings. The summed E-state index contributed by atoms with van der Waals surface area (Å²) in [6, 6.07) is 4.68. The van der Waals surface area contributed by atoms with E-state index >= 15 is 0 Å². The molecule has 5 heteroatoms. The Balaban J connectivity index is 1.45. The molecule has 1 aromatic heterocycles. The zero-order valence-corrected chi connectivity index (χ0v) is 13.3. The van der Waals surface area contributed by atoms with Crippen LogP contribution in [-0.4, -0.2) is 38.0 Å². The number of hydrogen-bond donors (Lipinski definition) is 1. The molecule has 0 amide bonds. The van der Waals surface area contributed by atoms with E-state index in [9.17, 15) is 0 Å². The van der Waals surface area contributed by atoms with Gasteiger partial charge in [0.15, 0.2) is 0 Å². The fraction of sp³-hybridized carbons (Fsp3) is 0.733. The first-order valence-corrected chi connectivity index (χ1v) is 8.65. The van der Waals surface area contributed by atoms with E-state index < -0.39 is 0 Å². The van der Waals surface area contributed by atoms with Crippen LogP contribution in [0.25, 0.3) is 0 Å². The predicted molar refractivity (Wildman–Crippen MR) is 82.8 cm³/mol. The maximum atomic E-state index is 6.07. The second-order valence-electron chi connectivity index (χ2n) is 5.74. The van der Waals surface area contributed by atoms with Crippen LogP contribution in [0.15, 0.2) is 12.1 Å². The number of rotatable bonds is 4. The van der Waals surface area contributed by atoms with Crippen LogP contribution >= 0.6 is 22.9 Å². The molecule has 0 aromatic carbocycles. The Morgan fingerprint density at radius 3 is 2.90 bits per heavy atom. The molecular weight excluding hydrogens is 294 g/mol. The summed E-state index contributed by atoms with van der Waals surface area (Å²) in [7, 11) is 0. The molecule has 1 spiro atoms. The van der Waals surface area contributed by atoms with Gasteiger partial charge in [-0.15, -0.1) is 11.3 Å². The Morgan fingerprint density at radius 1 is 1.30 bits per heavy atom. The lowest BCUT2D eigenvalue weighted by Gasteiger charge is -2.43. The van der Waals surface area contributed by atoms with Crippen molar-refractivity contribution in [3.63, 3.8) is 0 Å². The van der Waals surface area contributed by atoms with Crippen molar-refractivity contribution < 1.29 is 9.47 Å². The normalized spacial score (nSPS) is 25.9. The summed E-state index contributed by atoms with van der Waals surface area (Å²) in [6.45, 7) is 3.59. The van der Waals surface area contributed by atoms with Crippen LogP contribution in [0.4, 0.5) is 0 Å². The molecule has 20 heavy (non-hydrogen) atoms. The van der Waals surface area contributed by atoms with E-state index in [-0.39, 0.29) is 5.60 Å². The molecule has 2 fully saturated rings. The van der Waals surface area contributed by atoms with Crippen LogP contribution in [0.2, 0.25) is 4.34 Å². The first-order valence-electron chi connectivity index (χ1n) is 7.45. The van der Waals surface area contributed by atoms with E-state index in [1.54, 1.807) is 11.3 Å². The summed E-state index contributed by atoms with van der Waals surface area (Å²) in [5.74, 6) is 0. The molecule has 1 unspecified atom stereocenters. The highest BCUT2D eigenvalue weighted by Gasteiger charge is 2.38. The highest BCUT2D eigenvalue weighted by Crippen LogP contribution is 2.34. The summed E-state index contributed by atoms with van der Waals surface area (Å²) in [5.41, 5.74) is 0.0837. The molecule has 2 aliphatic heterocycles. The average Bonchev–Trinajstić information content (AvgIpc) is 2.86. The van der Waals surface area contributed by atoms with E-state index in [0.717, 1.165) is 62.8 Å². The monoisotopic (exact) mass is 315 g/mol. The van der Waals surface area contributed by atoms with E-state index in [2.05, 4.69) is 11.4 Å². The number of ether oxygens (including phenoxy) is 2. The van der Waals surface area contributed by atoms with Gasteiger partial charge in [-0.2, -0.15) is 0 Å². The predicted octanol–water partition coefficient (Wildman–Crippen LogP) is 3.26. The van der Waals surface area contributed by atoms with Gasteiger partial charge < -0.3 is 14.8 Å². The van der Waals surface area contributed by atoms with Crippen LogP contribution in [0.3, 0.4) is 0 Å². The van der Waals surface area contributed by atoms with Gasteiger partial charge in [0.2, 0.25) is 0 Å². The van der Waals surface area contributed by atoms with Gasteiger partial charge in [-0.1, -0.05) is 11.6 Å². The van der Waals surface area contributed by atoms with Gasteiger partial charge in [-0.25, -0.2) is 0 Å². The summed E-state index contributed by atoms with van der Waals surface area (Å²) in [4.78, 5) is 1.36. The van der Waals surface area contributed by atoms with E-state index in [1.807, 2.05) is 6.07 Å². The first-order chi connectivity index (χ1) is 9.76. The van der Waals surface area contributed by atoms with Crippen molar-refractivity contribution in [3.05, 3.63) is 21.3 Å². The molecule has 1 N–H and O–H groups in total. The fourth-order valence-corrected chi connectivity index (χ4v) is 4.27. The van der Waals surface area contributed by atoms with Gasteiger partial charge in [-0.3, -0.25) is 0 Å². The maximum absolute atomic E-state index is 6.07.